The van der Waals surface area contributed by atoms with Crippen molar-refractivity contribution in [3.63, 3.8) is 0 Å². The Morgan fingerprint density at radius 2 is 1.92 bits per heavy atom. The Bertz CT molecular complexity index is 1010. The summed E-state index contributed by atoms with van der Waals surface area (Å²) >= 11 is 0. The lowest BCUT2D eigenvalue weighted by atomic mass is 10.1. The molecule has 1 fully saturated rings. The smallest absolute Gasteiger partial charge is 0.227 e. The summed E-state index contributed by atoms with van der Waals surface area (Å²) in [6, 6.07) is 10.00. The van der Waals surface area contributed by atoms with Crippen molar-refractivity contribution in [2.24, 2.45) is 0 Å². The van der Waals surface area contributed by atoms with E-state index in [1.807, 2.05) is 46.7 Å². The van der Waals surface area contributed by atoms with E-state index in [4.69, 9.17) is 0 Å². The van der Waals surface area contributed by atoms with Gasteiger partial charge in [-0.05, 0) is 19.1 Å². The van der Waals surface area contributed by atoms with Gasteiger partial charge < -0.3 is 4.90 Å². The highest BCUT2D eigenvalue weighted by atomic mass is 32.2. The maximum atomic E-state index is 11.7. The van der Waals surface area contributed by atoms with E-state index in [-0.39, 0.29) is 11.5 Å². The van der Waals surface area contributed by atoms with Crippen molar-refractivity contribution < 1.29 is 8.42 Å². The Labute approximate surface area is 146 Å². The van der Waals surface area contributed by atoms with Gasteiger partial charge in [-0.2, -0.15) is 0 Å². The molecule has 0 aliphatic carbocycles. The lowest BCUT2D eigenvalue weighted by Gasteiger charge is -2.27. The van der Waals surface area contributed by atoms with Crippen molar-refractivity contribution in [3.05, 3.63) is 36.5 Å². The summed E-state index contributed by atoms with van der Waals surface area (Å²) in [7, 11) is -2.92. The Balaban J connectivity index is 1.72. The maximum Gasteiger partial charge on any atom is 0.227 e. The van der Waals surface area contributed by atoms with Crippen LogP contribution in [0.2, 0.25) is 0 Å². The summed E-state index contributed by atoms with van der Waals surface area (Å²) < 4.78 is 25.3. The normalized spacial score (nSPS) is 17.1. The van der Waals surface area contributed by atoms with Crippen LogP contribution in [0.25, 0.3) is 22.3 Å². The summed E-state index contributed by atoms with van der Waals surface area (Å²) in [5.41, 5.74) is 1.87. The number of aromatic nitrogens is 4. The number of benzene rings is 1. The molecule has 0 radical (unpaired) electrons. The second kappa shape index (κ2) is 6.11. The predicted octanol–water partition coefficient (Wildman–Crippen LogP) is 1.75. The number of fused-ring (bicyclic) bond motifs is 1. The summed E-state index contributed by atoms with van der Waals surface area (Å²) in [6.45, 7) is 3.66. The third kappa shape index (κ3) is 2.97. The molecule has 7 nitrogen and oxygen atoms in total. The monoisotopic (exact) mass is 357 g/mol. The Kier molecular flexibility index (Phi) is 3.91. The van der Waals surface area contributed by atoms with Crippen LogP contribution in [0.3, 0.4) is 0 Å². The lowest BCUT2D eigenvalue weighted by Crippen LogP contribution is -2.41. The molecule has 8 heteroatoms. The minimum absolute atomic E-state index is 0.165. The van der Waals surface area contributed by atoms with Crippen molar-refractivity contribution >= 4 is 26.7 Å². The molecule has 1 aliphatic heterocycles. The first-order chi connectivity index (χ1) is 12.1. The van der Waals surface area contributed by atoms with Crippen molar-refractivity contribution in [1.29, 1.82) is 0 Å². The summed E-state index contributed by atoms with van der Waals surface area (Å²) in [4.78, 5) is 6.40. The molecular weight excluding hydrogens is 338 g/mol. The van der Waals surface area contributed by atoms with Gasteiger partial charge in [-0.25, -0.2) is 8.42 Å². The lowest BCUT2D eigenvalue weighted by molar-refractivity contribution is 0.583. The highest BCUT2D eigenvalue weighted by Gasteiger charge is 2.26. The number of nitrogens with zero attached hydrogens (tertiary/aromatic N) is 5. The molecule has 0 spiro atoms. The Hall–Kier alpha value is -2.48. The quantitative estimate of drug-likeness (QED) is 0.710. The van der Waals surface area contributed by atoms with Gasteiger partial charge in [0.05, 0.1) is 17.0 Å². The van der Waals surface area contributed by atoms with E-state index in [0.29, 0.717) is 19.6 Å². The van der Waals surface area contributed by atoms with Gasteiger partial charge in [0.15, 0.2) is 15.7 Å². The van der Waals surface area contributed by atoms with Gasteiger partial charge in [-0.3, -0.25) is 9.55 Å². The minimum atomic E-state index is -2.92. The van der Waals surface area contributed by atoms with Crippen LogP contribution in [0.15, 0.2) is 36.5 Å². The third-order valence-corrected chi connectivity index (χ3v) is 6.15. The van der Waals surface area contributed by atoms with E-state index in [0.717, 1.165) is 28.2 Å². The molecule has 1 saturated heterocycles. The maximum absolute atomic E-state index is 11.7. The molecule has 0 N–H and O–H groups in total. The Morgan fingerprint density at radius 3 is 2.68 bits per heavy atom. The number of sulfone groups is 1. The molecule has 2 aromatic heterocycles. The van der Waals surface area contributed by atoms with Gasteiger partial charge in [0.1, 0.15) is 0 Å². The molecule has 130 valence electrons. The topological polar surface area (TPSA) is 81.0 Å². The van der Waals surface area contributed by atoms with Crippen molar-refractivity contribution in [1.82, 2.24) is 19.7 Å². The number of pyridine rings is 1. The van der Waals surface area contributed by atoms with E-state index in [1.54, 1.807) is 6.20 Å². The number of hydrogen-bond acceptors (Lipinski definition) is 6. The minimum Gasteiger partial charge on any atom is -0.339 e. The zero-order valence-corrected chi connectivity index (χ0v) is 14.8. The van der Waals surface area contributed by atoms with E-state index >= 15 is 0 Å². The van der Waals surface area contributed by atoms with Crippen LogP contribution in [0.5, 0.6) is 0 Å². The van der Waals surface area contributed by atoms with Crippen LogP contribution in [-0.2, 0) is 16.4 Å². The fraction of sp³-hybridized carbons (Fsp3) is 0.353. The summed E-state index contributed by atoms with van der Waals surface area (Å²) in [6.07, 6.45) is 1.77. The molecule has 0 saturated carbocycles. The van der Waals surface area contributed by atoms with Crippen molar-refractivity contribution in [3.8, 4) is 11.4 Å². The van der Waals surface area contributed by atoms with Gasteiger partial charge in [0.25, 0.3) is 0 Å². The van der Waals surface area contributed by atoms with E-state index in [2.05, 4.69) is 15.2 Å². The van der Waals surface area contributed by atoms with E-state index in [1.165, 1.54) is 0 Å². The Morgan fingerprint density at radius 1 is 1.12 bits per heavy atom. The molecule has 0 unspecified atom stereocenters. The molecule has 4 rings (SSSR count). The molecule has 25 heavy (non-hydrogen) atoms. The van der Waals surface area contributed by atoms with Gasteiger partial charge in [-0.15, -0.1) is 10.2 Å². The zero-order chi connectivity index (χ0) is 17.4. The third-order valence-electron chi connectivity index (χ3n) is 4.54. The van der Waals surface area contributed by atoms with Crippen LogP contribution in [-0.4, -0.2) is 52.8 Å². The second-order valence-electron chi connectivity index (χ2n) is 6.12. The first kappa shape index (κ1) is 16.0. The molecule has 1 aliphatic rings. The molecule has 3 aromatic rings. The van der Waals surface area contributed by atoms with E-state index in [9.17, 15) is 8.42 Å². The van der Waals surface area contributed by atoms with Gasteiger partial charge in [0.2, 0.25) is 5.95 Å². The first-order valence-electron chi connectivity index (χ1n) is 8.31. The van der Waals surface area contributed by atoms with Crippen molar-refractivity contribution in [2.45, 2.75) is 13.5 Å². The standard InChI is InChI=1S/C17H19N5O2S/c1-2-22-16(14-6-5-13-4-3-7-18-15(13)12-14)19-20-17(22)21-8-10-25(23,24)11-9-21/h3-7,12H,2,8-11H2,1H3. The average molecular weight is 357 g/mol. The largest absolute Gasteiger partial charge is 0.339 e. The molecule has 3 heterocycles. The molecule has 0 atom stereocenters. The summed E-state index contributed by atoms with van der Waals surface area (Å²) in [5, 5.41) is 9.79. The van der Waals surface area contributed by atoms with Crippen LogP contribution in [0, 0.1) is 0 Å². The van der Waals surface area contributed by atoms with E-state index < -0.39 is 9.84 Å². The highest BCUT2D eigenvalue weighted by Crippen LogP contribution is 2.26. The molecule has 1 aromatic carbocycles. The summed E-state index contributed by atoms with van der Waals surface area (Å²) in [5.74, 6) is 1.84. The average Bonchev–Trinajstić information content (AvgIpc) is 3.05. The van der Waals surface area contributed by atoms with Gasteiger partial charge >= 0.3 is 0 Å². The van der Waals surface area contributed by atoms with Crippen LogP contribution in [0.1, 0.15) is 6.92 Å². The van der Waals surface area contributed by atoms with Crippen LogP contribution >= 0.6 is 0 Å². The highest BCUT2D eigenvalue weighted by molar-refractivity contribution is 7.91. The second-order valence-corrected chi connectivity index (χ2v) is 8.42. The molecule has 0 amide bonds. The number of rotatable bonds is 3. The zero-order valence-electron chi connectivity index (χ0n) is 14.0. The fourth-order valence-electron chi connectivity index (χ4n) is 3.15. The SMILES string of the molecule is CCn1c(-c2ccc3cccnc3c2)nnc1N1CCS(=O)(=O)CC1. The molecular formula is C17H19N5O2S. The van der Waals surface area contributed by atoms with Gasteiger partial charge in [0, 0.05) is 36.8 Å². The van der Waals surface area contributed by atoms with Crippen molar-refractivity contribution in [2.75, 3.05) is 29.5 Å². The number of anilines is 1. The fourth-order valence-corrected chi connectivity index (χ4v) is 4.35. The van der Waals surface area contributed by atoms with Gasteiger partial charge in [-0.1, -0.05) is 18.2 Å². The first-order valence-corrected chi connectivity index (χ1v) is 10.1. The molecule has 0 bridgehead atoms. The predicted molar refractivity (Wildman–Crippen MR) is 97.3 cm³/mol. The van der Waals surface area contributed by atoms with Crippen LogP contribution < -0.4 is 4.90 Å². The number of hydrogen-bond donors (Lipinski definition) is 0. The van der Waals surface area contributed by atoms with Crippen LogP contribution in [0.4, 0.5) is 5.95 Å².